The summed E-state index contributed by atoms with van der Waals surface area (Å²) in [5.41, 5.74) is 4.15. The van der Waals surface area contributed by atoms with Crippen molar-refractivity contribution in [3.63, 3.8) is 0 Å². The molecule has 0 aliphatic carbocycles. The summed E-state index contributed by atoms with van der Waals surface area (Å²) in [5.74, 6) is 0.987. The lowest BCUT2D eigenvalue weighted by atomic mass is 10.1. The van der Waals surface area contributed by atoms with Gasteiger partial charge in [-0.15, -0.1) is 0 Å². The lowest BCUT2D eigenvalue weighted by molar-refractivity contribution is 0.217. The molecule has 2 rings (SSSR count). The summed E-state index contributed by atoms with van der Waals surface area (Å²) in [5, 5.41) is 4.91. The van der Waals surface area contributed by atoms with Crippen molar-refractivity contribution in [3.8, 4) is 5.75 Å². The highest BCUT2D eigenvalue weighted by Gasteiger charge is 2.15. The first-order chi connectivity index (χ1) is 11.6. The Balaban J connectivity index is 2.40. The standard InChI is InChI=1S/C21H34N2O/c1-6-9-13-23-17(5)20(15-22-12-7-2)19-14-18(10-11-21(19)23)24-16(4)8-3/h10-11,14,16,22H,6-9,12-13,15H2,1-5H3. The normalized spacial score (nSPS) is 12.7. The van der Waals surface area contributed by atoms with E-state index in [1.165, 1.54) is 35.0 Å². The highest BCUT2D eigenvalue weighted by Crippen LogP contribution is 2.30. The molecule has 1 N–H and O–H groups in total. The number of nitrogens with one attached hydrogen (secondary N) is 1. The van der Waals surface area contributed by atoms with E-state index in [1.54, 1.807) is 0 Å². The SMILES string of the molecule is CCCCn1c(C)c(CNCCC)c2cc(OC(C)CC)ccc21. The Kier molecular flexibility index (Phi) is 7.16. The Morgan fingerprint density at radius 1 is 1.17 bits per heavy atom. The summed E-state index contributed by atoms with van der Waals surface area (Å²) in [6.45, 7) is 14.1. The summed E-state index contributed by atoms with van der Waals surface area (Å²) in [4.78, 5) is 0. The summed E-state index contributed by atoms with van der Waals surface area (Å²) in [6, 6.07) is 6.60. The first kappa shape index (κ1) is 18.9. The van der Waals surface area contributed by atoms with Crippen molar-refractivity contribution in [2.24, 2.45) is 0 Å². The Morgan fingerprint density at radius 3 is 2.62 bits per heavy atom. The quantitative estimate of drug-likeness (QED) is 0.588. The minimum atomic E-state index is 0.257. The van der Waals surface area contributed by atoms with Gasteiger partial charge in [0.1, 0.15) is 5.75 Å². The van der Waals surface area contributed by atoms with Crippen molar-refractivity contribution in [1.82, 2.24) is 9.88 Å². The molecular weight excluding hydrogens is 296 g/mol. The van der Waals surface area contributed by atoms with E-state index in [-0.39, 0.29) is 6.10 Å². The second-order valence-corrected chi connectivity index (χ2v) is 6.76. The second-order valence-electron chi connectivity index (χ2n) is 6.76. The maximum Gasteiger partial charge on any atom is 0.120 e. The van der Waals surface area contributed by atoms with E-state index in [1.807, 2.05) is 0 Å². The van der Waals surface area contributed by atoms with E-state index < -0.39 is 0 Å². The number of hydrogen-bond donors (Lipinski definition) is 1. The number of ether oxygens (including phenoxy) is 1. The van der Waals surface area contributed by atoms with E-state index in [0.29, 0.717) is 0 Å². The van der Waals surface area contributed by atoms with Crippen LogP contribution in [0, 0.1) is 6.92 Å². The molecule has 1 heterocycles. The molecule has 1 aromatic carbocycles. The molecule has 0 amide bonds. The number of aryl methyl sites for hydroxylation is 1. The summed E-state index contributed by atoms with van der Waals surface area (Å²) < 4.78 is 8.53. The van der Waals surface area contributed by atoms with Crippen LogP contribution in [-0.2, 0) is 13.1 Å². The molecule has 3 nitrogen and oxygen atoms in total. The maximum absolute atomic E-state index is 6.05. The molecule has 3 heteroatoms. The Morgan fingerprint density at radius 2 is 1.96 bits per heavy atom. The average molecular weight is 331 g/mol. The smallest absolute Gasteiger partial charge is 0.120 e. The maximum atomic E-state index is 6.05. The van der Waals surface area contributed by atoms with Crippen LogP contribution in [0.25, 0.3) is 10.9 Å². The Hall–Kier alpha value is -1.48. The van der Waals surface area contributed by atoms with Gasteiger partial charge in [-0.3, -0.25) is 0 Å². The largest absolute Gasteiger partial charge is 0.491 e. The van der Waals surface area contributed by atoms with E-state index in [9.17, 15) is 0 Å². The molecule has 0 saturated heterocycles. The summed E-state index contributed by atoms with van der Waals surface area (Å²) in [7, 11) is 0. The zero-order valence-corrected chi connectivity index (χ0v) is 16.1. The van der Waals surface area contributed by atoms with Crippen LogP contribution in [0.2, 0.25) is 0 Å². The van der Waals surface area contributed by atoms with Crippen LogP contribution in [0.5, 0.6) is 5.75 Å². The summed E-state index contributed by atoms with van der Waals surface area (Å²) in [6.07, 6.45) is 4.89. The van der Waals surface area contributed by atoms with Gasteiger partial charge in [0.2, 0.25) is 0 Å². The van der Waals surface area contributed by atoms with Gasteiger partial charge in [0.25, 0.3) is 0 Å². The molecule has 0 bridgehead atoms. The van der Waals surface area contributed by atoms with Crippen molar-refractivity contribution in [2.75, 3.05) is 6.54 Å². The number of benzene rings is 1. The Labute approximate surface area is 147 Å². The third-order valence-electron chi connectivity index (χ3n) is 4.80. The summed E-state index contributed by atoms with van der Waals surface area (Å²) >= 11 is 0. The first-order valence-corrected chi connectivity index (χ1v) is 9.61. The van der Waals surface area contributed by atoms with E-state index in [4.69, 9.17) is 4.74 Å². The average Bonchev–Trinajstić information content (AvgIpc) is 2.84. The monoisotopic (exact) mass is 330 g/mol. The molecule has 0 spiro atoms. The lowest BCUT2D eigenvalue weighted by Gasteiger charge is -2.13. The van der Waals surface area contributed by atoms with Crippen LogP contribution >= 0.6 is 0 Å². The van der Waals surface area contributed by atoms with Gasteiger partial charge in [0.15, 0.2) is 0 Å². The second kappa shape index (κ2) is 9.12. The molecule has 1 atom stereocenters. The van der Waals surface area contributed by atoms with Crippen molar-refractivity contribution in [2.45, 2.75) is 79.5 Å². The van der Waals surface area contributed by atoms with Crippen LogP contribution < -0.4 is 10.1 Å². The zero-order valence-electron chi connectivity index (χ0n) is 16.1. The molecule has 1 unspecified atom stereocenters. The molecule has 134 valence electrons. The molecule has 2 aromatic rings. The van der Waals surface area contributed by atoms with Gasteiger partial charge in [0.05, 0.1) is 6.10 Å². The van der Waals surface area contributed by atoms with Gasteiger partial charge >= 0.3 is 0 Å². The van der Waals surface area contributed by atoms with Gasteiger partial charge in [-0.2, -0.15) is 0 Å². The number of aromatic nitrogens is 1. The fourth-order valence-electron chi connectivity index (χ4n) is 3.14. The molecule has 0 radical (unpaired) electrons. The lowest BCUT2D eigenvalue weighted by Crippen LogP contribution is -2.14. The van der Waals surface area contributed by atoms with Crippen molar-refractivity contribution >= 4 is 10.9 Å². The highest BCUT2D eigenvalue weighted by molar-refractivity contribution is 5.87. The van der Waals surface area contributed by atoms with Crippen molar-refractivity contribution in [3.05, 3.63) is 29.5 Å². The van der Waals surface area contributed by atoms with Crippen LogP contribution in [0.15, 0.2) is 18.2 Å². The topological polar surface area (TPSA) is 26.2 Å². The zero-order chi connectivity index (χ0) is 17.5. The molecule has 24 heavy (non-hydrogen) atoms. The number of fused-ring (bicyclic) bond motifs is 1. The fourth-order valence-corrected chi connectivity index (χ4v) is 3.14. The van der Waals surface area contributed by atoms with Gasteiger partial charge in [-0.05, 0) is 63.4 Å². The molecule has 0 aliphatic rings. The van der Waals surface area contributed by atoms with Crippen LogP contribution in [0.3, 0.4) is 0 Å². The first-order valence-electron chi connectivity index (χ1n) is 9.61. The van der Waals surface area contributed by atoms with E-state index in [0.717, 1.165) is 38.2 Å². The third-order valence-corrected chi connectivity index (χ3v) is 4.80. The van der Waals surface area contributed by atoms with E-state index >= 15 is 0 Å². The van der Waals surface area contributed by atoms with Crippen LogP contribution in [0.1, 0.15) is 64.6 Å². The predicted molar refractivity (Wildman–Crippen MR) is 104 cm³/mol. The fraction of sp³-hybridized carbons (Fsp3) is 0.619. The predicted octanol–water partition coefficient (Wildman–Crippen LogP) is 5.43. The number of hydrogen-bond acceptors (Lipinski definition) is 2. The van der Waals surface area contributed by atoms with E-state index in [2.05, 4.69) is 62.7 Å². The molecule has 0 saturated carbocycles. The van der Waals surface area contributed by atoms with Gasteiger partial charge < -0.3 is 14.6 Å². The molecule has 1 aromatic heterocycles. The minimum Gasteiger partial charge on any atom is -0.491 e. The van der Waals surface area contributed by atoms with Crippen molar-refractivity contribution in [1.29, 1.82) is 0 Å². The van der Waals surface area contributed by atoms with Crippen molar-refractivity contribution < 1.29 is 4.74 Å². The molecular formula is C21H34N2O. The number of rotatable bonds is 10. The van der Waals surface area contributed by atoms with Gasteiger partial charge in [-0.25, -0.2) is 0 Å². The minimum absolute atomic E-state index is 0.257. The van der Waals surface area contributed by atoms with Gasteiger partial charge in [0, 0.05) is 29.7 Å². The van der Waals surface area contributed by atoms with Gasteiger partial charge in [-0.1, -0.05) is 27.2 Å². The number of unbranched alkanes of at least 4 members (excludes halogenated alkanes) is 1. The highest BCUT2D eigenvalue weighted by atomic mass is 16.5. The molecule has 0 fully saturated rings. The number of nitrogens with zero attached hydrogens (tertiary/aromatic N) is 1. The van der Waals surface area contributed by atoms with Crippen LogP contribution in [-0.4, -0.2) is 17.2 Å². The van der Waals surface area contributed by atoms with Crippen LogP contribution in [0.4, 0.5) is 0 Å². The third kappa shape index (κ3) is 4.32. The molecule has 0 aliphatic heterocycles. The Bertz CT molecular complexity index is 645.